The molecule has 2 heterocycles. The van der Waals surface area contributed by atoms with Gasteiger partial charge in [0, 0.05) is 29.3 Å². The van der Waals surface area contributed by atoms with Crippen LogP contribution in [0.3, 0.4) is 0 Å². The third-order valence-electron chi connectivity index (χ3n) is 4.43. The lowest BCUT2D eigenvalue weighted by molar-refractivity contribution is -0.127. The Hall–Kier alpha value is -0.580. The van der Waals surface area contributed by atoms with Crippen LogP contribution in [0.5, 0.6) is 5.75 Å². The highest BCUT2D eigenvalue weighted by Gasteiger charge is 2.45. The lowest BCUT2D eigenvalue weighted by Gasteiger charge is -2.46. The fourth-order valence-corrected chi connectivity index (χ4v) is 3.58. The van der Waals surface area contributed by atoms with Gasteiger partial charge in [-0.25, -0.2) is 0 Å². The third kappa shape index (κ3) is 2.61. The van der Waals surface area contributed by atoms with Crippen molar-refractivity contribution in [2.24, 2.45) is 5.92 Å². The summed E-state index contributed by atoms with van der Waals surface area (Å²) in [6.45, 7) is 5.06. The Morgan fingerprint density at radius 3 is 2.90 bits per heavy atom. The molecule has 1 aromatic carbocycles. The van der Waals surface area contributed by atoms with Gasteiger partial charge >= 0.3 is 0 Å². The number of hydrogen-bond donors (Lipinski definition) is 1. The summed E-state index contributed by atoms with van der Waals surface area (Å²) in [4.78, 5) is 0. The number of hydrogen-bond acceptors (Lipinski definition) is 3. The average Bonchev–Trinajstić information content (AvgIpc) is 2.37. The number of aliphatic hydroxyl groups excluding tert-OH is 1. The minimum atomic E-state index is -0.447. The van der Waals surface area contributed by atoms with Crippen LogP contribution < -0.4 is 4.74 Å². The van der Waals surface area contributed by atoms with Crippen LogP contribution in [0.25, 0.3) is 0 Å². The second-order valence-corrected chi connectivity index (χ2v) is 7.21. The van der Waals surface area contributed by atoms with Crippen molar-refractivity contribution < 1.29 is 14.6 Å². The molecule has 110 valence electrons. The summed E-state index contributed by atoms with van der Waals surface area (Å²) in [5.41, 5.74) is 0.617. The van der Waals surface area contributed by atoms with Gasteiger partial charge in [0.25, 0.3) is 0 Å². The van der Waals surface area contributed by atoms with Crippen LogP contribution in [0.4, 0.5) is 0 Å². The molecule has 1 spiro atoms. The number of rotatable bonds is 1. The molecule has 0 bridgehead atoms. The predicted molar refractivity (Wildman–Crippen MR) is 80.9 cm³/mol. The summed E-state index contributed by atoms with van der Waals surface area (Å²) >= 11 is 3.47. The van der Waals surface area contributed by atoms with Gasteiger partial charge in [0.1, 0.15) is 11.4 Å². The van der Waals surface area contributed by atoms with Crippen molar-refractivity contribution in [1.82, 2.24) is 0 Å². The molecule has 4 heteroatoms. The summed E-state index contributed by atoms with van der Waals surface area (Å²) in [6, 6.07) is 5.85. The molecule has 3 atom stereocenters. The van der Waals surface area contributed by atoms with E-state index in [1.54, 1.807) is 0 Å². The molecule has 2 aliphatic rings. The highest BCUT2D eigenvalue weighted by Crippen LogP contribution is 2.46. The van der Waals surface area contributed by atoms with Gasteiger partial charge in [0.05, 0.1) is 18.8 Å². The van der Waals surface area contributed by atoms with E-state index in [1.165, 1.54) is 0 Å². The van der Waals surface area contributed by atoms with E-state index in [0.717, 1.165) is 28.6 Å². The van der Waals surface area contributed by atoms with E-state index >= 15 is 0 Å². The van der Waals surface area contributed by atoms with Crippen LogP contribution in [0.15, 0.2) is 22.7 Å². The first-order chi connectivity index (χ1) is 9.49. The van der Waals surface area contributed by atoms with Crippen molar-refractivity contribution in [1.29, 1.82) is 0 Å². The van der Waals surface area contributed by atoms with Crippen molar-refractivity contribution in [3.05, 3.63) is 28.2 Å². The van der Waals surface area contributed by atoms with Crippen LogP contribution in [-0.2, 0) is 4.74 Å². The average molecular weight is 341 g/mol. The predicted octanol–water partition coefficient (Wildman–Crippen LogP) is 3.84. The van der Waals surface area contributed by atoms with Crippen molar-refractivity contribution >= 4 is 15.9 Å². The smallest absolute Gasteiger partial charge is 0.127 e. The van der Waals surface area contributed by atoms with Crippen molar-refractivity contribution in [3.63, 3.8) is 0 Å². The zero-order valence-electron chi connectivity index (χ0n) is 11.9. The quantitative estimate of drug-likeness (QED) is 0.844. The molecule has 0 aliphatic carbocycles. The van der Waals surface area contributed by atoms with E-state index in [2.05, 4.69) is 29.8 Å². The van der Waals surface area contributed by atoms with Gasteiger partial charge in [-0.3, -0.25) is 0 Å². The summed E-state index contributed by atoms with van der Waals surface area (Å²) in [6.07, 6.45) is 2.13. The molecule has 0 saturated carbocycles. The van der Waals surface area contributed by atoms with Gasteiger partial charge in [0.2, 0.25) is 0 Å². The van der Waals surface area contributed by atoms with E-state index in [9.17, 15) is 5.11 Å². The Bertz CT molecular complexity index is 502. The molecule has 20 heavy (non-hydrogen) atoms. The number of halogens is 1. The first-order valence-corrected chi connectivity index (χ1v) is 8.06. The Balaban J connectivity index is 1.89. The molecule has 0 aromatic heterocycles. The lowest BCUT2D eigenvalue weighted by Crippen LogP contribution is -2.49. The maximum Gasteiger partial charge on any atom is 0.127 e. The second-order valence-electron chi connectivity index (χ2n) is 6.29. The van der Waals surface area contributed by atoms with Gasteiger partial charge in [-0.2, -0.15) is 0 Å². The van der Waals surface area contributed by atoms with E-state index in [4.69, 9.17) is 9.47 Å². The first-order valence-electron chi connectivity index (χ1n) is 7.27. The van der Waals surface area contributed by atoms with Gasteiger partial charge in [0.15, 0.2) is 0 Å². The number of benzene rings is 1. The van der Waals surface area contributed by atoms with Gasteiger partial charge < -0.3 is 14.6 Å². The molecule has 3 rings (SSSR count). The summed E-state index contributed by atoms with van der Waals surface area (Å²) < 4.78 is 13.1. The van der Waals surface area contributed by atoms with Crippen LogP contribution >= 0.6 is 15.9 Å². The zero-order chi connectivity index (χ0) is 14.3. The van der Waals surface area contributed by atoms with Crippen LogP contribution in [-0.4, -0.2) is 23.4 Å². The van der Waals surface area contributed by atoms with E-state index < -0.39 is 6.10 Å². The summed E-state index contributed by atoms with van der Waals surface area (Å²) in [5.74, 6) is 1.28. The normalized spacial score (nSPS) is 33.0. The maximum atomic E-state index is 10.5. The van der Waals surface area contributed by atoms with E-state index in [-0.39, 0.29) is 11.7 Å². The number of ether oxygens (including phenoxy) is 2. The number of aliphatic hydroxyl groups is 1. The molecular formula is C16H21BrO3. The van der Waals surface area contributed by atoms with Gasteiger partial charge in [-0.05, 0) is 18.1 Å². The minimum absolute atomic E-state index is 0.213. The minimum Gasteiger partial charge on any atom is -0.487 e. The number of fused-ring (bicyclic) bond motifs is 1. The van der Waals surface area contributed by atoms with Crippen LogP contribution in [0.2, 0.25) is 0 Å². The lowest BCUT2D eigenvalue weighted by atomic mass is 9.79. The molecule has 1 saturated heterocycles. The molecule has 0 amide bonds. The fourth-order valence-electron chi connectivity index (χ4n) is 3.24. The third-order valence-corrected chi connectivity index (χ3v) is 4.93. The Labute approximate surface area is 128 Å². The molecule has 2 aliphatic heterocycles. The van der Waals surface area contributed by atoms with Crippen LogP contribution in [0, 0.1) is 5.92 Å². The van der Waals surface area contributed by atoms with Gasteiger partial charge in [-0.1, -0.05) is 35.8 Å². The Morgan fingerprint density at radius 2 is 2.15 bits per heavy atom. The molecule has 3 nitrogen and oxygen atoms in total. The molecular weight excluding hydrogens is 320 g/mol. The van der Waals surface area contributed by atoms with E-state index in [0.29, 0.717) is 18.9 Å². The molecule has 1 N–H and O–H groups in total. The highest BCUT2D eigenvalue weighted by molar-refractivity contribution is 9.10. The molecule has 1 fully saturated rings. The summed E-state index contributed by atoms with van der Waals surface area (Å²) in [7, 11) is 0. The topological polar surface area (TPSA) is 38.7 Å². The maximum absolute atomic E-state index is 10.5. The Kier molecular flexibility index (Phi) is 3.82. The highest BCUT2D eigenvalue weighted by atomic mass is 79.9. The first kappa shape index (κ1) is 14.4. The van der Waals surface area contributed by atoms with Crippen molar-refractivity contribution in [2.45, 2.75) is 50.9 Å². The molecule has 2 unspecified atom stereocenters. The summed E-state index contributed by atoms with van der Waals surface area (Å²) in [5, 5.41) is 10.5. The second kappa shape index (κ2) is 5.32. The van der Waals surface area contributed by atoms with Crippen molar-refractivity contribution in [2.75, 3.05) is 6.61 Å². The van der Waals surface area contributed by atoms with Gasteiger partial charge in [-0.15, -0.1) is 0 Å². The largest absolute Gasteiger partial charge is 0.487 e. The zero-order valence-corrected chi connectivity index (χ0v) is 13.5. The van der Waals surface area contributed by atoms with Crippen LogP contribution in [0.1, 0.15) is 44.8 Å². The van der Waals surface area contributed by atoms with Crippen molar-refractivity contribution in [3.8, 4) is 5.75 Å². The molecule has 1 aromatic rings. The van der Waals surface area contributed by atoms with E-state index in [1.807, 2.05) is 18.2 Å². The molecule has 0 radical (unpaired) electrons. The standard InChI is InChI=1S/C16H21BrO3/c1-10(2)15-9-16(5-6-19-15)8-13(18)12-4-3-11(17)7-14(12)20-16/h3-4,7,10,13,15,18H,5-6,8-9H2,1-2H3/t13-,15?,16?/m1/s1. The SMILES string of the molecule is CC(C)C1CC2(CCO1)C[C@@H](O)c1ccc(Br)cc1O2. The Morgan fingerprint density at radius 1 is 1.35 bits per heavy atom. The fraction of sp³-hybridized carbons (Fsp3) is 0.625. The monoisotopic (exact) mass is 340 g/mol.